The van der Waals surface area contributed by atoms with Crippen LogP contribution in [0.25, 0.3) is 11.3 Å². The number of rotatable bonds is 8. The SMILES string of the molecule is CCOc1ccc(Nc2nc(NCC(C)C)cc(-c3ccccc3)n2)cc1. The van der Waals surface area contributed by atoms with Crippen LogP contribution in [0.3, 0.4) is 0 Å². The number of ether oxygens (including phenoxy) is 1. The molecule has 3 rings (SSSR count). The van der Waals surface area contributed by atoms with Gasteiger partial charge in [-0.25, -0.2) is 4.98 Å². The Labute approximate surface area is 160 Å². The lowest BCUT2D eigenvalue weighted by Crippen LogP contribution is -2.10. The van der Waals surface area contributed by atoms with E-state index in [-0.39, 0.29) is 0 Å². The van der Waals surface area contributed by atoms with Crippen LogP contribution >= 0.6 is 0 Å². The Morgan fingerprint density at radius 1 is 0.963 bits per heavy atom. The van der Waals surface area contributed by atoms with Gasteiger partial charge in [0, 0.05) is 23.9 Å². The molecule has 0 fully saturated rings. The number of hydrogen-bond donors (Lipinski definition) is 2. The zero-order chi connectivity index (χ0) is 19.1. The van der Waals surface area contributed by atoms with Crippen molar-refractivity contribution in [3.8, 4) is 17.0 Å². The Morgan fingerprint density at radius 3 is 2.37 bits per heavy atom. The minimum absolute atomic E-state index is 0.530. The topological polar surface area (TPSA) is 59.1 Å². The highest BCUT2D eigenvalue weighted by Gasteiger charge is 2.08. The molecule has 0 aliphatic carbocycles. The molecule has 5 nitrogen and oxygen atoms in total. The summed E-state index contributed by atoms with van der Waals surface area (Å²) in [6, 6.07) is 19.9. The highest BCUT2D eigenvalue weighted by Crippen LogP contribution is 2.24. The highest BCUT2D eigenvalue weighted by molar-refractivity contribution is 5.66. The second-order valence-electron chi connectivity index (χ2n) is 6.69. The first-order valence-electron chi connectivity index (χ1n) is 9.32. The third kappa shape index (κ3) is 5.45. The van der Waals surface area contributed by atoms with Crippen molar-refractivity contribution in [2.75, 3.05) is 23.8 Å². The first kappa shape index (κ1) is 18.7. The summed E-state index contributed by atoms with van der Waals surface area (Å²) >= 11 is 0. The van der Waals surface area contributed by atoms with Gasteiger partial charge in [-0.05, 0) is 37.1 Å². The molecule has 0 atom stereocenters. The molecule has 0 saturated heterocycles. The quantitative estimate of drug-likeness (QED) is 0.565. The monoisotopic (exact) mass is 362 g/mol. The second-order valence-corrected chi connectivity index (χ2v) is 6.69. The van der Waals surface area contributed by atoms with E-state index in [4.69, 9.17) is 9.72 Å². The predicted octanol–water partition coefficient (Wildman–Crippen LogP) is 5.35. The number of nitrogens with one attached hydrogen (secondary N) is 2. The van der Waals surface area contributed by atoms with Crippen molar-refractivity contribution in [3.63, 3.8) is 0 Å². The van der Waals surface area contributed by atoms with Crippen molar-refractivity contribution in [2.24, 2.45) is 5.92 Å². The van der Waals surface area contributed by atoms with Crippen LogP contribution in [-0.2, 0) is 0 Å². The van der Waals surface area contributed by atoms with Crippen LogP contribution in [0.4, 0.5) is 17.5 Å². The van der Waals surface area contributed by atoms with E-state index in [0.717, 1.165) is 35.1 Å². The van der Waals surface area contributed by atoms with E-state index in [2.05, 4.69) is 41.6 Å². The Kier molecular flexibility index (Phi) is 6.26. The zero-order valence-electron chi connectivity index (χ0n) is 16.1. The van der Waals surface area contributed by atoms with Crippen LogP contribution in [0.1, 0.15) is 20.8 Å². The van der Waals surface area contributed by atoms with Crippen molar-refractivity contribution in [1.29, 1.82) is 0 Å². The lowest BCUT2D eigenvalue weighted by Gasteiger charge is -2.13. The van der Waals surface area contributed by atoms with Gasteiger partial charge in [-0.3, -0.25) is 0 Å². The predicted molar refractivity (Wildman–Crippen MR) is 112 cm³/mol. The third-order valence-corrected chi connectivity index (χ3v) is 3.91. The summed E-state index contributed by atoms with van der Waals surface area (Å²) < 4.78 is 5.49. The van der Waals surface area contributed by atoms with Gasteiger partial charge in [-0.2, -0.15) is 4.98 Å². The Hall–Kier alpha value is -3.08. The fraction of sp³-hybridized carbons (Fsp3) is 0.273. The van der Waals surface area contributed by atoms with E-state index in [1.54, 1.807) is 0 Å². The third-order valence-electron chi connectivity index (χ3n) is 3.91. The van der Waals surface area contributed by atoms with Crippen molar-refractivity contribution in [3.05, 3.63) is 60.7 Å². The van der Waals surface area contributed by atoms with Crippen molar-refractivity contribution < 1.29 is 4.74 Å². The average molecular weight is 362 g/mol. The van der Waals surface area contributed by atoms with E-state index in [1.165, 1.54) is 0 Å². The summed E-state index contributed by atoms with van der Waals surface area (Å²) in [5.41, 5.74) is 2.85. The molecule has 2 N–H and O–H groups in total. The summed E-state index contributed by atoms with van der Waals surface area (Å²) in [6.45, 7) is 7.82. The first-order valence-corrected chi connectivity index (χ1v) is 9.32. The van der Waals surface area contributed by atoms with Gasteiger partial charge < -0.3 is 15.4 Å². The summed E-state index contributed by atoms with van der Waals surface area (Å²) in [7, 11) is 0. The van der Waals surface area contributed by atoms with Crippen LogP contribution < -0.4 is 15.4 Å². The lowest BCUT2D eigenvalue weighted by molar-refractivity contribution is 0.340. The lowest BCUT2D eigenvalue weighted by atomic mass is 10.1. The molecule has 0 aliphatic rings. The smallest absolute Gasteiger partial charge is 0.229 e. The van der Waals surface area contributed by atoms with Crippen molar-refractivity contribution in [1.82, 2.24) is 9.97 Å². The molecule has 1 heterocycles. The molecule has 0 saturated carbocycles. The van der Waals surface area contributed by atoms with Gasteiger partial charge in [0.1, 0.15) is 11.6 Å². The van der Waals surface area contributed by atoms with Gasteiger partial charge in [0.2, 0.25) is 5.95 Å². The Balaban J connectivity index is 1.87. The van der Waals surface area contributed by atoms with Crippen molar-refractivity contribution >= 4 is 17.5 Å². The molecule has 3 aromatic rings. The molecule has 0 spiro atoms. The van der Waals surface area contributed by atoms with Crippen molar-refractivity contribution in [2.45, 2.75) is 20.8 Å². The van der Waals surface area contributed by atoms with Crippen LogP contribution in [0.2, 0.25) is 0 Å². The molecule has 2 aromatic carbocycles. The van der Waals surface area contributed by atoms with Gasteiger partial charge in [0.25, 0.3) is 0 Å². The van der Waals surface area contributed by atoms with E-state index in [1.807, 2.05) is 55.5 Å². The van der Waals surface area contributed by atoms with Crippen LogP contribution in [-0.4, -0.2) is 23.1 Å². The number of hydrogen-bond acceptors (Lipinski definition) is 5. The van der Waals surface area contributed by atoms with E-state index >= 15 is 0 Å². The van der Waals surface area contributed by atoms with Gasteiger partial charge in [-0.1, -0.05) is 44.2 Å². The normalized spacial score (nSPS) is 10.7. The largest absolute Gasteiger partial charge is 0.494 e. The zero-order valence-corrected chi connectivity index (χ0v) is 16.1. The molecule has 27 heavy (non-hydrogen) atoms. The first-order chi connectivity index (χ1) is 13.1. The number of benzene rings is 2. The summed E-state index contributed by atoms with van der Waals surface area (Å²) in [4.78, 5) is 9.31. The highest BCUT2D eigenvalue weighted by atomic mass is 16.5. The van der Waals surface area contributed by atoms with Gasteiger partial charge in [-0.15, -0.1) is 0 Å². The summed E-state index contributed by atoms with van der Waals surface area (Å²) in [6.07, 6.45) is 0. The van der Waals surface area contributed by atoms with Gasteiger partial charge in [0.15, 0.2) is 0 Å². The van der Waals surface area contributed by atoms with Crippen LogP contribution in [0, 0.1) is 5.92 Å². The minimum Gasteiger partial charge on any atom is -0.494 e. The molecule has 140 valence electrons. The number of aromatic nitrogens is 2. The molecule has 5 heteroatoms. The van der Waals surface area contributed by atoms with E-state index in [0.29, 0.717) is 18.5 Å². The average Bonchev–Trinajstić information content (AvgIpc) is 2.69. The molecule has 0 radical (unpaired) electrons. The minimum atomic E-state index is 0.530. The Bertz CT molecular complexity index is 848. The van der Waals surface area contributed by atoms with Crippen LogP contribution in [0.15, 0.2) is 60.7 Å². The number of nitrogens with zero attached hydrogens (tertiary/aromatic N) is 2. The fourth-order valence-electron chi connectivity index (χ4n) is 2.59. The molecule has 0 amide bonds. The van der Waals surface area contributed by atoms with Gasteiger partial charge >= 0.3 is 0 Å². The molecular weight excluding hydrogens is 336 g/mol. The molecule has 0 unspecified atom stereocenters. The maximum atomic E-state index is 5.49. The van der Waals surface area contributed by atoms with Crippen LogP contribution in [0.5, 0.6) is 5.75 Å². The van der Waals surface area contributed by atoms with E-state index < -0.39 is 0 Å². The van der Waals surface area contributed by atoms with Gasteiger partial charge in [0.05, 0.1) is 12.3 Å². The summed E-state index contributed by atoms with van der Waals surface area (Å²) in [5, 5.41) is 6.69. The molecule has 0 aliphatic heterocycles. The van der Waals surface area contributed by atoms with E-state index in [9.17, 15) is 0 Å². The maximum Gasteiger partial charge on any atom is 0.229 e. The maximum absolute atomic E-state index is 5.49. The standard InChI is InChI=1S/C22H26N4O/c1-4-27-19-12-10-18(11-13-19)24-22-25-20(17-8-6-5-7-9-17)14-21(26-22)23-15-16(2)3/h5-14,16H,4,15H2,1-3H3,(H2,23,24,25,26). The fourth-order valence-corrected chi connectivity index (χ4v) is 2.59. The molecule has 1 aromatic heterocycles. The Morgan fingerprint density at radius 2 is 1.70 bits per heavy atom. The molecular formula is C22H26N4O. The molecule has 0 bridgehead atoms. The summed E-state index contributed by atoms with van der Waals surface area (Å²) in [5.74, 6) is 2.75. The number of anilines is 3. The second kappa shape index (κ2) is 9.03.